The van der Waals surface area contributed by atoms with Gasteiger partial charge in [0.1, 0.15) is 11.3 Å². The van der Waals surface area contributed by atoms with Crippen molar-refractivity contribution in [3.8, 4) is 5.19 Å². The molecule has 0 aliphatic rings. The van der Waals surface area contributed by atoms with Crippen molar-refractivity contribution in [2.24, 2.45) is 12.8 Å². The fourth-order valence-electron chi connectivity index (χ4n) is 2.88. The van der Waals surface area contributed by atoms with E-state index in [1.54, 1.807) is 36.0 Å². The third-order valence-electron chi connectivity index (χ3n) is 4.10. The van der Waals surface area contributed by atoms with Crippen molar-refractivity contribution in [2.75, 3.05) is 5.73 Å². The molecular formula is C17H16N8O2S. The maximum Gasteiger partial charge on any atom is 0.291 e. The Morgan fingerprint density at radius 1 is 1.39 bits per heavy atom. The highest BCUT2D eigenvalue weighted by Crippen LogP contribution is 2.34. The summed E-state index contributed by atoms with van der Waals surface area (Å²) in [5.74, 6) is 0.451. The van der Waals surface area contributed by atoms with Crippen molar-refractivity contribution in [1.82, 2.24) is 24.3 Å². The molecule has 0 aliphatic carbocycles. The number of nitrogens with one attached hydrogen (secondary N) is 1. The van der Waals surface area contributed by atoms with Gasteiger partial charge in [-0.05, 0) is 12.1 Å². The van der Waals surface area contributed by atoms with Gasteiger partial charge < -0.3 is 26.2 Å². The fourth-order valence-corrected chi connectivity index (χ4v) is 3.86. The minimum absolute atomic E-state index is 0.0634. The number of ether oxygens (including phenoxy) is 1. The molecule has 4 heterocycles. The Bertz CT molecular complexity index is 1300. The van der Waals surface area contributed by atoms with Crippen LogP contribution in [0.15, 0.2) is 41.1 Å². The van der Waals surface area contributed by atoms with Crippen molar-refractivity contribution in [2.45, 2.75) is 6.54 Å². The predicted molar refractivity (Wildman–Crippen MR) is 108 cm³/mol. The van der Waals surface area contributed by atoms with E-state index in [0.717, 1.165) is 10.9 Å². The third kappa shape index (κ3) is 2.97. The van der Waals surface area contributed by atoms with E-state index in [9.17, 15) is 4.79 Å². The normalized spacial score (nSPS) is 12.0. The lowest BCUT2D eigenvalue weighted by Gasteiger charge is -2.06. The van der Waals surface area contributed by atoms with Gasteiger partial charge in [0.05, 0.1) is 23.1 Å². The number of fused-ring (bicyclic) bond motifs is 3. The Labute approximate surface area is 162 Å². The van der Waals surface area contributed by atoms with Crippen LogP contribution in [0.1, 0.15) is 5.69 Å². The van der Waals surface area contributed by atoms with Gasteiger partial charge in [0.25, 0.3) is 10.8 Å². The number of aryl methyl sites for hydroxylation is 1. The molecule has 11 heteroatoms. The first-order valence-corrected chi connectivity index (χ1v) is 9.00. The Balaban J connectivity index is 1.78. The molecule has 0 saturated heterocycles. The standard InChI is InChI=1S/C17H16N8O2S/c1-24-13-10(14-15(24)23-17(28-14)27-12(20)5-6-18)7-21-25(16(13)26)8-9-3-2-4-11(19)22-9/h2-7,18H,8,20H2,1H3,(H2,19,22)/b12-5+,18-6?. The molecule has 10 nitrogen and oxygen atoms in total. The van der Waals surface area contributed by atoms with Crippen LogP contribution in [0, 0.1) is 5.41 Å². The average Bonchev–Trinajstić information content (AvgIpc) is 3.16. The number of nitrogens with zero attached hydrogens (tertiary/aromatic N) is 5. The first-order chi connectivity index (χ1) is 13.5. The van der Waals surface area contributed by atoms with Crippen LogP contribution >= 0.6 is 11.3 Å². The Kier molecular flexibility index (Phi) is 4.28. The smallest absolute Gasteiger partial charge is 0.291 e. The Morgan fingerprint density at radius 3 is 2.96 bits per heavy atom. The molecule has 5 N–H and O–H groups in total. The lowest BCUT2D eigenvalue weighted by Crippen LogP contribution is -2.25. The second kappa shape index (κ2) is 6.78. The van der Waals surface area contributed by atoms with Crippen molar-refractivity contribution >= 4 is 44.6 Å². The highest BCUT2D eigenvalue weighted by atomic mass is 32.1. The molecule has 4 aromatic heterocycles. The molecule has 4 aromatic rings. The molecule has 0 saturated carbocycles. The zero-order valence-corrected chi connectivity index (χ0v) is 15.6. The quantitative estimate of drug-likeness (QED) is 0.339. The monoisotopic (exact) mass is 396 g/mol. The zero-order chi connectivity index (χ0) is 19.8. The van der Waals surface area contributed by atoms with Crippen LogP contribution in [0.5, 0.6) is 5.19 Å². The lowest BCUT2D eigenvalue weighted by molar-refractivity contribution is 0.418. The predicted octanol–water partition coefficient (Wildman–Crippen LogP) is 1.20. The Hall–Kier alpha value is -3.73. The van der Waals surface area contributed by atoms with Crippen LogP contribution in [-0.2, 0) is 13.6 Å². The summed E-state index contributed by atoms with van der Waals surface area (Å²) in [6.07, 6.45) is 3.97. The van der Waals surface area contributed by atoms with Gasteiger partial charge in [-0.15, -0.1) is 0 Å². The molecule has 0 atom stereocenters. The van der Waals surface area contributed by atoms with E-state index in [4.69, 9.17) is 21.6 Å². The van der Waals surface area contributed by atoms with E-state index in [1.165, 1.54) is 22.1 Å². The van der Waals surface area contributed by atoms with Gasteiger partial charge in [0, 0.05) is 24.7 Å². The molecule has 0 radical (unpaired) electrons. The maximum absolute atomic E-state index is 13.0. The number of nitrogen functional groups attached to an aromatic ring is 1. The molecule has 142 valence electrons. The fraction of sp³-hybridized carbons (Fsp3) is 0.118. The summed E-state index contributed by atoms with van der Waals surface area (Å²) in [4.78, 5) is 21.6. The number of rotatable bonds is 5. The average molecular weight is 396 g/mol. The molecule has 0 amide bonds. The molecule has 0 unspecified atom stereocenters. The summed E-state index contributed by atoms with van der Waals surface area (Å²) in [5.41, 5.74) is 12.8. The van der Waals surface area contributed by atoms with Crippen LogP contribution in [0.2, 0.25) is 0 Å². The zero-order valence-electron chi connectivity index (χ0n) is 14.8. The number of aromatic nitrogens is 5. The van der Waals surface area contributed by atoms with Crippen molar-refractivity contribution < 1.29 is 4.74 Å². The molecular weight excluding hydrogens is 380 g/mol. The van der Waals surface area contributed by atoms with E-state index in [-0.39, 0.29) is 18.0 Å². The second-order valence-electron chi connectivity index (χ2n) is 5.95. The number of thiazole rings is 1. The van der Waals surface area contributed by atoms with Crippen LogP contribution in [0.25, 0.3) is 21.3 Å². The number of anilines is 1. The molecule has 0 aliphatic heterocycles. The third-order valence-corrected chi connectivity index (χ3v) is 5.05. The first-order valence-electron chi connectivity index (χ1n) is 8.18. The van der Waals surface area contributed by atoms with E-state index >= 15 is 0 Å². The van der Waals surface area contributed by atoms with E-state index < -0.39 is 0 Å². The lowest BCUT2D eigenvalue weighted by atomic mass is 10.3. The van der Waals surface area contributed by atoms with Gasteiger partial charge in [0.2, 0.25) is 0 Å². The number of nitrogens with two attached hydrogens (primary N) is 2. The molecule has 0 bridgehead atoms. The molecule has 28 heavy (non-hydrogen) atoms. The van der Waals surface area contributed by atoms with Crippen LogP contribution in [-0.4, -0.2) is 30.5 Å². The topological polar surface area (TPSA) is 151 Å². The van der Waals surface area contributed by atoms with Crippen molar-refractivity contribution in [1.29, 1.82) is 5.41 Å². The number of allylic oxidation sites excluding steroid dienone is 1. The number of hydrogen-bond acceptors (Lipinski definition) is 9. The van der Waals surface area contributed by atoms with Gasteiger partial charge in [-0.25, -0.2) is 9.67 Å². The summed E-state index contributed by atoms with van der Waals surface area (Å²) < 4.78 is 9.23. The largest absolute Gasteiger partial charge is 0.414 e. The van der Waals surface area contributed by atoms with Crippen LogP contribution < -0.4 is 21.8 Å². The summed E-state index contributed by atoms with van der Waals surface area (Å²) >= 11 is 1.26. The highest BCUT2D eigenvalue weighted by molar-refractivity contribution is 7.21. The van der Waals surface area contributed by atoms with Crippen molar-refractivity contribution in [3.05, 3.63) is 52.4 Å². The minimum atomic E-state index is -0.250. The molecule has 0 spiro atoms. The van der Waals surface area contributed by atoms with E-state index in [2.05, 4.69) is 15.1 Å². The molecule has 0 aromatic carbocycles. The number of hydrogen-bond donors (Lipinski definition) is 3. The summed E-state index contributed by atoms with van der Waals surface area (Å²) in [6, 6.07) is 5.25. The molecule has 0 fully saturated rings. The maximum atomic E-state index is 13.0. The molecule has 4 rings (SSSR count). The van der Waals surface area contributed by atoms with E-state index in [0.29, 0.717) is 33.3 Å². The van der Waals surface area contributed by atoms with Gasteiger partial charge in [0.15, 0.2) is 11.5 Å². The van der Waals surface area contributed by atoms with Crippen LogP contribution in [0.4, 0.5) is 5.82 Å². The van der Waals surface area contributed by atoms with Crippen LogP contribution in [0.3, 0.4) is 0 Å². The van der Waals surface area contributed by atoms with E-state index in [1.807, 2.05) is 0 Å². The SMILES string of the molecule is Cn1c2nc(O/C(N)=C/C=N)sc2c2cnn(Cc3cccc(N)n3)c(=O)c21. The summed E-state index contributed by atoms with van der Waals surface area (Å²) in [5, 5.41) is 12.3. The van der Waals surface area contributed by atoms with Crippen molar-refractivity contribution in [3.63, 3.8) is 0 Å². The van der Waals surface area contributed by atoms with Gasteiger partial charge >= 0.3 is 0 Å². The highest BCUT2D eigenvalue weighted by Gasteiger charge is 2.19. The Morgan fingerprint density at radius 2 is 2.21 bits per heavy atom. The van der Waals surface area contributed by atoms with Gasteiger partial charge in [-0.3, -0.25) is 4.79 Å². The number of pyridine rings is 1. The van der Waals surface area contributed by atoms with Gasteiger partial charge in [-0.2, -0.15) is 10.1 Å². The summed E-state index contributed by atoms with van der Waals surface area (Å²) in [6.45, 7) is 0.214. The summed E-state index contributed by atoms with van der Waals surface area (Å²) in [7, 11) is 1.76. The first kappa shape index (κ1) is 17.7. The second-order valence-corrected chi connectivity index (χ2v) is 6.91. The minimum Gasteiger partial charge on any atom is -0.414 e. The van der Waals surface area contributed by atoms with Gasteiger partial charge in [-0.1, -0.05) is 17.4 Å².